The quantitative estimate of drug-likeness (QED) is 0.477. The summed E-state index contributed by atoms with van der Waals surface area (Å²) in [5.74, 6) is 0. The van der Waals surface area contributed by atoms with Crippen LogP contribution in [0.15, 0.2) is 0 Å². The molecule has 8 heteroatoms. The average Bonchev–Trinajstić information content (AvgIpc) is 1.84. The van der Waals surface area contributed by atoms with E-state index < -0.39 is 24.8 Å². The third kappa shape index (κ3) is 2.73. The molecule has 0 aliphatic carbocycles. The highest BCUT2D eigenvalue weighted by Crippen LogP contribution is 2.07. The summed E-state index contributed by atoms with van der Waals surface area (Å²) in [6.07, 6.45) is 0. The van der Waals surface area contributed by atoms with Gasteiger partial charge >= 0.3 is 0 Å². The Morgan fingerprint density at radius 2 is 1.64 bits per heavy atom. The third-order valence-corrected chi connectivity index (χ3v) is 4.61. The topological polar surface area (TPSA) is 97.7 Å². The highest BCUT2D eigenvalue weighted by atomic mass is 32.3. The minimum absolute atomic E-state index is 0.814. The van der Waals surface area contributed by atoms with Gasteiger partial charge in [0, 0.05) is 0 Å². The Labute approximate surface area is 65.0 Å². The van der Waals surface area contributed by atoms with Crippen LogP contribution in [0.2, 0.25) is 0 Å². The van der Waals surface area contributed by atoms with Gasteiger partial charge in [-0.2, -0.15) is 16.8 Å². The van der Waals surface area contributed by atoms with Gasteiger partial charge in [-0.05, 0) is 6.92 Å². The summed E-state index contributed by atoms with van der Waals surface area (Å²) in [6.45, 7) is 0.814. The predicted octanol–water partition coefficient (Wildman–Crippen LogP) is -0.804. The van der Waals surface area contributed by atoms with Crippen LogP contribution in [0.4, 0.5) is 0 Å². The number of hydrogen-bond donors (Lipinski definition) is 1. The SMILES string of the molecule is COS(=O)(=O)C(C)S(=O)(=O)O. The van der Waals surface area contributed by atoms with Crippen molar-refractivity contribution < 1.29 is 25.6 Å². The fourth-order valence-electron chi connectivity index (χ4n) is 0.284. The Balaban J connectivity index is 4.96. The molecule has 0 fully saturated rings. The van der Waals surface area contributed by atoms with Gasteiger partial charge in [0.1, 0.15) is 0 Å². The highest BCUT2D eigenvalue weighted by molar-refractivity contribution is 8.04. The maximum atomic E-state index is 10.6. The van der Waals surface area contributed by atoms with Crippen molar-refractivity contribution in [3.63, 3.8) is 0 Å². The molecule has 0 radical (unpaired) electrons. The molecular formula is C3H8O6S2. The van der Waals surface area contributed by atoms with Gasteiger partial charge in [-0.3, -0.25) is 8.74 Å². The van der Waals surface area contributed by atoms with E-state index in [9.17, 15) is 16.8 Å². The minimum Gasteiger partial charge on any atom is -0.284 e. The van der Waals surface area contributed by atoms with Crippen molar-refractivity contribution in [1.29, 1.82) is 0 Å². The van der Waals surface area contributed by atoms with Crippen molar-refractivity contribution in [3.05, 3.63) is 0 Å². The van der Waals surface area contributed by atoms with Crippen LogP contribution < -0.4 is 0 Å². The van der Waals surface area contributed by atoms with E-state index in [0.717, 1.165) is 14.0 Å². The molecule has 0 aromatic rings. The van der Waals surface area contributed by atoms with E-state index in [1.807, 2.05) is 0 Å². The molecule has 0 aliphatic rings. The van der Waals surface area contributed by atoms with Crippen molar-refractivity contribution in [1.82, 2.24) is 0 Å². The van der Waals surface area contributed by atoms with Crippen molar-refractivity contribution in [2.45, 2.75) is 11.5 Å². The van der Waals surface area contributed by atoms with Gasteiger partial charge in [0.05, 0.1) is 7.11 Å². The zero-order valence-electron chi connectivity index (χ0n) is 5.88. The summed E-state index contributed by atoms with van der Waals surface area (Å²) in [4.78, 5) is 0. The van der Waals surface area contributed by atoms with E-state index in [4.69, 9.17) is 4.55 Å². The monoisotopic (exact) mass is 204 g/mol. The molecule has 1 atom stereocenters. The Morgan fingerprint density at radius 3 is 1.73 bits per heavy atom. The van der Waals surface area contributed by atoms with Gasteiger partial charge in [-0.25, -0.2) is 0 Å². The fraction of sp³-hybridized carbons (Fsp3) is 1.00. The molecule has 6 nitrogen and oxygen atoms in total. The van der Waals surface area contributed by atoms with Gasteiger partial charge < -0.3 is 0 Å². The van der Waals surface area contributed by atoms with E-state index in [-0.39, 0.29) is 0 Å². The molecule has 1 N–H and O–H groups in total. The van der Waals surface area contributed by atoms with E-state index >= 15 is 0 Å². The first-order valence-electron chi connectivity index (χ1n) is 2.47. The molecule has 0 rings (SSSR count). The van der Waals surface area contributed by atoms with Crippen molar-refractivity contribution in [2.24, 2.45) is 0 Å². The lowest BCUT2D eigenvalue weighted by atomic mass is 11.0. The molecule has 0 saturated carbocycles. The normalized spacial score (nSPS) is 16.3. The first-order valence-corrected chi connectivity index (χ1v) is 5.45. The van der Waals surface area contributed by atoms with Crippen LogP contribution >= 0.6 is 0 Å². The Hall–Kier alpha value is -0.180. The molecule has 0 bridgehead atoms. The van der Waals surface area contributed by atoms with Crippen LogP contribution in [0, 0.1) is 0 Å². The van der Waals surface area contributed by atoms with Crippen LogP contribution in [0.1, 0.15) is 6.92 Å². The van der Waals surface area contributed by atoms with E-state index in [2.05, 4.69) is 4.18 Å². The fourth-order valence-corrected chi connectivity index (χ4v) is 1.98. The van der Waals surface area contributed by atoms with E-state index in [1.165, 1.54) is 0 Å². The van der Waals surface area contributed by atoms with Gasteiger partial charge in [0.25, 0.3) is 20.2 Å². The second kappa shape index (κ2) is 3.05. The number of hydrogen-bond acceptors (Lipinski definition) is 5. The molecule has 0 aromatic heterocycles. The van der Waals surface area contributed by atoms with Gasteiger partial charge in [0.2, 0.25) is 4.58 Å². The van der Waals surface area contributed by atoms with Crippen LogP contribution in [-0.4, -0.2) is 33.1 Å². The lowest BCUT2D eigenvalue weighted by Gasteiger charge is -2.05. The maximum Gasteiger partial charge on any atom is 0.286 e. The number of rotatable bonds is 3. The summed E-state index contributed by atoms with van der Waals surface area (Å²) in [6, 6.07) is 0. The summed E-state index contributed by atoms with van der Waals surface area (Å²) >= 11 is 0. The minimum atomic E-state index is -4.59. The lowest BCUT2D eigenvalue weighted by Crippen LogP contribution is -2.27. The first kappa shape index (κ1) is 10.8. The second-order valence-corrected chi connectivity index (χ2v) is 5.80. The molecule has 0 aromatic carbocycles. The molecule has 0 spiro atoms. The van der Waals surface area contributed by atoms with Crippen LogP contribution in [-0.2, 0) is 24.4 Å². The Morgan fingerprint density at radius 1 is 1.27 bits per heavy atom. The van der Waals surface area contributed by atoms with Crippen LogP contribution in [0.5, 0.6) is 0 Å². The standard InChI is InChI=1S/C3H8O6S2/c1-3(10(4,5)6)11(7,8)9-2/h3H,1-2H3,(H,4,5,6). The smallest absolute Gasteiger partial charge is 0.284 e. The zero-order valence-corrected chi connectivity index (χ0v) is 7.52. The van der Waals surface area contributed by atoms with Gasteiger partial charge in [0.15, 0.2) is 0 Å². The molecule has 11 heavy (non-hydrogen) atoms. The lowest BCUT2D eigenvalue weighted by molar-refractivity contribution is 0.392. The van der Waals surface area contributed by atoms with E-state index in [1.54, 1.807) is 0 Å². The molecule has 0 amide bonds. The van der Waals surface area contributed by atoms with E-state index in [0.29, 0.717) is 0 Å². The van der Waals surface area contributed by atoms with Crippen molar-refractivity contribution in [3.8, 4) is 0 Å². The molecular weight excluding hydrogens is 196 g/mol. The average molecular weight is 204 g/mol. The largest absolute Gasteiger partial charge is 0.286 e. The maximum absolute atomic E-state index is 10.6. The first-order chi connectivity index (χ1) is 4.72. The molecule has 0 aliphatic heterocycles. The van der Waals surface area contributed by atoms with Crippen LogP contribution in [0.3, 0.4) is 0 Å². The van der Waals surface area contributed by atoms with Gasteiger partial charge in [-0.15, -0.1) is 0 Å². The Bertz CT molecular complexity index is 310. The summed E-state index contributed by atoms with van der Waals surface area (Å²) in [7, 11) is -7.96. The molecule has 1 unspecified atom stereocenters. The van der Waals surface area contributed by atoms with Crippen LogP contribution in [0.25, 0.3) is 0 Å². The third-order valence-electron chi connectivity index (χ3n) is 1.06. The summed E-state index contributed by atoms with van der Waals surface area (Å²) in [5.41, 5.74) is 0. The predicted molar refractivity (Wildman–Crippen MR) is 36.9 cm³/mol. The summed E-state index contributed by atoms with van der Waals surface area (Å²) < 4.78 is 51.8. The Kier molecular flexibility index (Phi) is 3.00. The second-order valence-electron chi connectivity index (χ2n) is 1.74. The highest BCUT2D eigenvalue weighted by Gasteiger charge is 2.31. The van der Waals surface area contributed by atoms with Gasteiger partial charge in [-0.1, -0.05) is 0 Å². The molecule has 0 heterocycles. The zero-order chi connectivity index (χ0) is 9.28. The summed E-state index contributed by atoms with van der Waals surface area (Å²) in [5, 5.41) is 0. The van der Waals surface area contributed by atoms with Crippen molar-refractivity contribution in [2.75, 3.05) is 7.11 Å². The molecule has 68 valence electrons. The van der Waals surface area contributed by atoms with Crippen molar-refractivity contribution >= 4 is 20.2 Å². The molecule has 0 saturated heterocycles.